The zero-order valence-corrected chi connectivity index (χ0v) is 14.7. The smallest absolute Gasteiger partial charge is 0.399 e. The van der Waals surface area contributed by atoms with E-state index in [1.54, 1.807) is 0 Å². The van der Waals surface area contributed by atoms with E-state index < -0.39 is 42.8 Å². The van der Waals surface area contributed by atoms with E-state index in [1.807, 2.05) is 27.7 Å². The third kappa shape index (κ3) is 3.98. The van der Waals surface area contributed by atoms with Crippen molar-refractivity contribution in [3.05, 3.63) is 29.6 Å². The monoisotopic (exact) mass is 361 g/mol. The molecular formula is C16H20BF4NO3. The highest BCUT2D eigenvalue weighted by molar-refractivity contribution is 6.62. The van der Waals surface area contributed by atoms with Gasteiger partial charge in [-0.25, -0.2) is 4.39 Å². The number of rotatable bonds is 3. The Hall–Kier alpha value is -1.61. The third-order valence-electron chi connectivity index (χ3n) is 4.60. The van der Waals surface area contributed by atoms with Gasteiger partial charge in [0.15, 0.2) is 0 Å². The third-order valence-corrected chi connectivity index (χ3v) is 4.60. The van der Waals surface area contributed by atoms with Gasteiger partial charge < -0.3 is 14.2 Å². The van der Waals surface area contributed by atoms with E-state index in [4.69, 9.17) is 9.31 Å². The summed E-state index contributed by atoms with van der Waals surface area (Å²) < 4.78 is 63.1. The Morgan fingerprint density at radius 2 is 1.68 bits per heavy atom. The van der Waals surface area contributed by atoms with Crippen LogP contribution in [0, 0.1) is 5.82 Å². The standard InChI is InChI=1S/C16H20BF4NO3/c1-14(2)15(3,4)25-17(24-14)11-7-6-10(12(18)8-11)9-22(5)13(23)16(19,20)21/h6-8H,9H2,1-5H3. The number of benzene rings is 1. The zero-order valence-electron chi connectivity index (χ0n) is 14.7. The van der Waals surface area contributed by atoms with Gasteiger partial charge >= 0.3 is 19.2 Å². The summed E-state index contributed by atoms with van der Waals surface area (Å²) >= 11 is 0. The molecule has 1 aliphatic heterocycles. The van der Waals surface area contributed by atoms with Crippen LogP contribution in [0.4, 0.5) is 17.6 Å². The highest BCUT2D eigenvalue weighted by Crippen LogP contribution is 2.36. The van der Waals surface area contributed by atoms with Crippen LogP contribution >= 0.6 is 0 Å². The molecule has 0 aromatic heterocycles. The highest BCUT2D eigenvalue weighted by atomic mass is 19.4. The van der Waals surface area contributed by atoms with Crippen LogP contribution in [0.3, 0.4) is 0 Å². The average molecular weight is 361 g/mol. The molecule has 25 heavy (non-hydrogen) atoms. The molecule has 1 aromatic rings. The van der Waals surface area contributed by atoms with E-state index in [1.165, 1.54) is 12.1 Å². The van der Waals surface area contributed by atoms with E-state index in [9.17, 15) is 22.4 Å². The largest absolute Gasteiger partial charge is 0.494 e. The van der Waals surface area contributed by atoms with Crippen LogP contribution in [0.15, 0.2) is 18.2 Å². The second-order valence-electron chi connectivity index (χ2n) is 7.10. The number of hydrogen-bond donors (Lipinski definition) is 0. The van der Waals surface area contributed by atoms with E-state index in [2.05, 4.69) is 0 Å². The van der Waals surface area contributed by atoms with E-state index in [0.29, 0.717) is 10.4 Å². The molecule has 1 fully saturated rings. The Balaban J connectivity index is 2.16. The molecule has 0 saturated carbocycles. The van der Waals surface area contributed by atoms with Crippen molar-refractivity contribution < 1.29 is 31.7 Å². The molecule has 1 saturated heterocycles. The van der Waals surface area contributed by atoms with Gasteiger partial charge in [0.2, 0.25) is 0 Å². The molecular weight excluding hydrogens is 341 g/mol. The van der Waals surface area contributed by atoms with Crippen LogP contribution < -0.4 is 5.46 Å². The molecule has 9 heteroatoms. The van der Waals surface area contributed by atoms with Crippen molar-refractivity contribution in [2.45, 2.75) is 51.6 Å². The molecule has 0 N–H and O–H groups in total. The van der Waals surface area contributed by atoms with Gasteiger partial charge in [-0.2, -0.15) is 13.2 Å². The van der Waals surface area contributed by atoms with Crippen molar-refractivity contribution in [1.29, 1.82) is 0 Å². The molecule has 1 heterocycles. The van der Waals surface area contributed by atoms with Crippen molar-refractivity contribution in [2.75, 3.05) is 7.05 Å². The molecule has 0 atom stereocenters. The van der Waals surface area contributed by atoms with Gasteiger partial charge in [-0.15, -0.1) is 0 Å². The minimum Gasteiger partial charge on any atom is -0.399 e. The van der Waals surface area contributed by atoms with Gasteiger partial charge in [0, 0.05) is 19.2 Å². The lowest BCUT2D eigenvalue weighted by atomic mass is 9.78. The van der Waals surface area contributed by atoms with Gasteiger partial charge in [-0.05, 0) is 39.2 Å². The maximum absolute atomic E-state index is 14.3. The van der Waals surface area contributed by atoms with Crippen LogP contribution in [0.2, 0.25) is 0 Å². The van der Waals surface area contributed by atoms with Gasteiger partial charge in [0.1, 0.15) is 5.82 Å². The van der Waals surface area contributed by atoms with Crippen LogP contribution in [0.25, 0.3) is 0 Å². The topological polar surface area (TPSA) is 38.8 Å². The molecule has 4 nitrogen and oxygen atoms in total. The Bertz CT molecular complexity index is 660. The fourth-order valence-corrected chi connectivity index (χ4v) is 2.36. The fourth-order valence-electron chi connectivity index (χ4n) is 2.36. The van der Waals surface area contributed by atoms with Gasteiger partial charge in [0.05, 0.1) is 11.2 Å². The maximum Gasteiger partial charge on any atom is 0.494 e. The van der Waals surface area contributed by atoms with Crippen molar-refractivity contribution >= 4 is 18.5 Å². The molecule has 0 unspecified atom stereocenters. The molecule has 138 valence electrons. The molecule has 0 bridgehead atoms. The predicted molar refractivity (Wildman–Crippen MR) is 84.6 cm³/mol. The predicted octanol–water partition coefficient (Wildman–Crippen LogP) is 2.65. The number of nitrogens with zero attached hydrogens (tertiary/aromatic N) is 1. The first kappa shape index (κ1) is 19.7. The van der Waals surface area contributed by atoms with Crippen LogP contribution in [-0.2, 0) is 20.6 Å². The van der Waals surface area contributed by atoms with Crippen molar-refractivity contribution in [3.63, 3.8) is 0 Å². The quantitative estimate of drug-likeness (QED) is 0.614. The number of amides is 1. The zero-order chi connectivity index (χ0) is 19.2. The highest BCUT2D eigenvalue weighted by Gasteiger charge is 2.51. The lowest BCUT2D eigenvalue weighted by Crippen LogP contribution is -2.41. The van der Waals surface area contributed by atoms with Crippen molar-refractivity contribution in [2.24, 2.45) is 0 Å². The molecule has 2 rings (SSSR count). The second kappa shape index (κ2) is 6.28. The first-order valence-corrected chi connectivity index (χ1v) is 7.71. The second-order valence-corrected chi connectivity index (χ2v) is 7.10. The molecule has 0 aliphatic carbocycles. The van der Waals surface area contributed by atoms with Gasteiger partial charge in [0.25, 0.3) is 0 Å². The Morgan fingerprint density at radius 1 is 1.16 bits per heavy atom. The molecule has 0 spiro atoms. The lowest BCUT2D eigenvalue weighted by molar-refractivity contribution is -0.184. The van der Waals surface area contributed by atoms with Gasteiger partial charge in [-0.3, -0.25) is 4.79 Å². The number of hydrogen-bond acceptors (Lipinski definition) is 3. The molecule has 1 aromatic carbocycles. The Morgan fingerprint density at radius 3 is 2.12 bits per heavy atom. The number of carbonyl (C=O) groups excluding carboxylic acids is 1. The summed E-state index contributed by atoms with van der Waals surface area (Å²) in [6, 6.07) is 4.01. The number of carbonyl (C=O) groups is 1. The Kier molecular flexibility index (Phi) is 4.95. The summed E-state index contributed by atoms with van der Waals surface area (Å²) in [5.41, 5.74) is -0.789. The summed E-state index contributed by atoms with van der Waals surface area (Å²) in [6.45, 7) is 6.93. The summed E-state index contributed by atoms with van der Waals surface area (Å²) in [6.07, 6.45) is -4.99. The number of alkyl halides is 3. The van der Waals surface area contributed by atoms with Crippen LogP contribution in [-0.4, -0.2) is 42.4 Å². The van der Waals surface area contributed by atoms with E-state index >= 15 is 0 Å². The minimum absolute atomic E-state index is 0.0274. The summed E-state index contributed by atoms with van der Waals surface area (Å²) in [4.78, 5) is 11.6. The van der Waals surface area contributed by atoms with Gasteiger partial charge in [-0.1, -0.05) is 12.1 Å². The van der Waals surface area contributed by atoms with E-state index in [-0.39, 0.29) is 5.56 Å². The molecule has 1 amide bonds. The fraction of sp³-hybridized carbons (Fsp3) is 0.562. The van der Waals surface area contributed by atoms with Crippen molar-refractivity contribution in [1.82, 2.24) is 4.90 Å². The first-order valence-electron chi connectivity index (χ1n) is 7.71. The lowest BCUT2D eigenvalue weighted by Gasteiger charge is -2.32. The first-order chi connectivity index (χ1) is 11.2. The maximum atomic E-state index is 14.3. The SMILES string of the molecule is CN(Cc1ccc(B2OC(C)(C)C(C)(C)O2)cc1F)C(=O)C(F)(F)F. The molecule has 0 radical (unpaired) electrons. The summed E-state index contributed by atoms with van der Waals surface area (Å²) in [5.74, 6) is -2.75. The summed E-state index contributed by atoms with van der Waals surface area (Å²) in [5, 5.41) is 0. The number of halogens is 4. The average Bonchev–Trinajstić information content (AvgIpc) is 2.67. The van der Waals surface area contributed by atoms with E-state index in [0.717, 1.165) is 13.1 Å². The Labute approximate surface area is 144 Å². The summed E-state index contributed by atoms with van der Waals surface area (Å²) in [7, 11) is 0.195. The van der Waals surface area contributed by atoms with Crippen LogP contribution in [0.1, 0.15) is 33.3 Å². The normalized spacial score (nSPS) is 19.2. The van der Waals surface area contributed by atoms with Crippen molar-refractivity contribution in [3.8, 4) is 0 Å². The minimum atomic E-state index is -4.99. The van der Waals surface area contributed by atoms with Crippen LogP contribution in [0.5, 0.6) is 0 Å². The molecule has 1 aliphatic rings.